The van der Waals surface area contributed by atoms with E-state index in [-0.39, 0.29) is 5.78 Å². The maximum Gasteiger partial charge on any atom is 0.180 e. The van der Waals surface area contributed by atoms with Gasteiger partial charge >= 0.3 is 0 Å². The number of aliphatic imine (C=N–C) groups is 1. The fraction of sp³-hybridized carbons (Fsp3) is 0.714. The zero-order chi connectivity index (χ0) is 13.0. The molecule has 0 spiro atoms. The molecule has 0 aromatic carbocycles. The van der Waals surface area contributed by atoms with E-state index in [0.29, 0.717) is 18.0 Å². The quantitative estimate of drug-likeness (QED) is 0.703. The van der Waals surface area contributed by atoms with Crippen molar-refractivity contribution in [1.29, 1.82) is 0 Å². The molecule has 0 bridgehead atoms. The van der Waals surface area contributed by atoms with E-state index in [4.69, 9.17) is 0 Å². The van der Waals surface area contributed by atoms with Crippen LogP contribution in [-0.4, -0.2) is 30.1 Å². The van der Waals surface area contributed by atoms with Crippen molar-refractivity contribution in [2.45, 2.75) is 47.0 Å². The van der Waals surface area contributed by atoms with Crippen LogP contribution < -0.4 is 0 Å². The third-order valence-electron chi connectivity index (χ3n) is 3.48. The maximum absolute atomic E-state index is 11.9. The van der Waals surface area contributed by atoms with Crippen LogP contribution in [0.25, 0.3) is 0 Å². The van der Waals surface area contributed by atoms with Gasteiger partial charge in [-0.15, -0.1) is 0 Å². The molecule has 1 heterocycles. The Kier molecular flexibility index (Phi) is 4.91. The van der Waals surface area contributed by atoms with Crippen molar-refractivity contribution in [3.8, 4) is 0 Å². The smallest absolute Gasteiger partial charge is 0.180 e. The number of rotatable bonds is 4. The molecular weight excluding hydrogens is 212 g/mol. The standard InChI is InChI=1S/C14H24N2O/c1-6-10(3)13(12(17)7-2)15-14-11(4)8-9-16(14)5/h11H,6-9H2,1-5H3/b13-10-,15-14-. The topological polar surface area (TPSA) is 32.7 Å². The minimum Gasteiger partial charge on any atom is -0.363 e. The lowest BCUT2D eigenvalue weighted by Gasteiger charge is -2.15. The first-order chi connectivity index (χ1) is 8.01. The minimum atomic E-state index is 0.157. The van der Waals surface area contributed by atoms with Crippen molar-refractivity contribution in [3.63, 3.8) is 0 Å². The molecule has 3 nitrogen and oxygen atoms in total. The van der Waals surface area contributed by atoms with Crippen LogP contribution in [0.1, 0.15) is 47.0 Å². The summed E-state index contributed by atoms with van der Waals surface area (Å²) in [5, 5.41) is 0. The zero-order valence-corrected chi connectivity index (χ0v) is 11.7. The summed E-state index contributed by atoms with van der Waals surface area (Å²) in [6.07, 6.45) is 2.55. The van der Waals surface area contributed by atoms with Gasteiger partial charge in [-0.2, -0.15) is 0 Å². The molecule has 0 radical (unpaired) electrons. The lowest BCUT2D eigenvalue weighted by molar-refractivity contribution is -0.115. The molecule has 17 heavy (non-hydrogen) atoms. The Bertz CT molecular complexity index is 343. The van der Waals surface area contributed by atoms with Crippen LogP contribution in [0.3, 0.4) is 0 Å². The number of Topliss-reactive ketones (excluding diaryl/α,β-unsaturated/α-hetero) is 1. The highest BCUT2D eigenvalue weighted by Crippen LogP contribution is 2.21. The average molecular weight is 236 g/mol. The Morgan fingerprint density at radius 1 is 1.41 bits per heavy atom. The molecule has 0 amide bonds. The van der Waals surface area contributed by atoms with Crippen LogP contribution in [-0.2, 0) is 4.79 Å². The number of carbonyl (C=O) groups is 1. The highest BCUT2D eigenvalue weighted by atomic mass is 16.1. The van der Waals surface area contributed by atoms with Gasteiger partial charge in [0.25, 0.3) is 0 Å². The molecule has 0 saturated carbocycles. The van der Waals surface area contributed by atoms with Crippen molar-refractivity contribution in [1.82, 2.24) is 4.90 Å². The summed E-state index contributed by atoms with van der Waals surface area (Å²) in [5.74, 6) is 1.68. The first kappa shape index (κ1) is 13.9. The summed E-state index contributed by atoms with van der Waals surface area (Å²) >= 11 is 0. The molecule has 1 rings (SSSR count). The zero-order valence-electron chi connectivity index (χ0n) is 11.7. The predicted molar refractivity (Wildman–Crippen MR) is 72.1 cm³/mol. The number of hydrogen-bond donors (Lipinski definition) is 0. The van der Waals surface area contributed by atoms with Crippen LogP contribution in [0.15, 0.2) is 16.3 Å². The Hall–Kier alpha value is -1.12. The molecular formula is C14H24N2O. The molecule has 0 aliphatic carbocycles. The summed E-state index contributed by atoms with van der Waals surface area (Å²) in [6, 6.07) is 0. The minimum absolute atomic E-state index is 0.157. The largest absolute Gasteiger partial charge is 0.363 e. The molecule has 0 N–H and O–H groups in total. The first-order valence-electron chi connectivity index (χ1n) is 6.53. The third kappa shape index (κ3) is 3.18. The maximum atomic E-state index is 11.9. The van der Waals surface area contributed by atoms with Crippen molar-refractivity contribution >= 4 is 11.6 Å². The van der Waals surface area contributed by atoms with E-state index in [1.54, 1.807) is 0 Å². The molecule has 3 heteroatoms. The van der Waals surface area contributed by atoms with E-state index >= 15 is 0 Å². The molecule has 0 aromatic rings. The third-order valence-corrected chi connectivity index (χ3v) is 3.48. The van der Waals surface area contributed by atoms with Gasteiger partial charge in [0.2, 0.25) is 0 Å². The Labute approximate surface area is 105 Å². The Balaban J connectivity index is 3.09. The fourth-order valence-electron chi connectivity index (χ4n) is 2.05. The normalized spacial score (nSPS) is 24.2. The van der Waals surface area contributed by atoms with E-state index in [1.165, 1.54) is 0 Å². The molecule has 1 atom stereocenters. The van der Waals surface area contributed by atoms with Crippen LogP contribution in [0, 0.1) is 5.92 Å². The number of hydrogen-bond acceptors (Lipinski definition) is 2. The molecule has 0 aromatic heterocycles. The van der Waals surface area contributed by atoms with Crippen LogP contribution in [0.4, 0.5) is 0 Å². The van der Waals surface area contributed by atoms with Gasteiger partial charge in [-0.05, 0) is 25.3 Å². The van der Waals surface area contributed by atoms with E-state index in [2.05, 4.69) is 30.8 Å². The fourth-order valence-corrected chi connectivity index (χ4v) is 2.05. The average Bonchev–Trinajstić information content (AvgIpc) is 2.64. The second-order valence-electron chi connectivity index (χ2n) is 4.84. The van der Waals surface area contributed by atoms with Crippen molar-refractivity contribution in [2.75, 3.05) is 13.6 Å². The van der Waals surface area contributed by atoms with Crippen LogP contribution >= 0.6 is 0 Å². The van der Waals surface area contributed by atoms with Gasteiger partial charge in [0.05, 0.1) is 0 Å². The van der Waals surface area contributed by atoms with Crippen LogP contribution in [0.2, 0.25) is 0 Å². The summed E-state index contributed by atoms with van der Waals surface area (Å²) in [5.41, 5.74) is 1.78. The van der Waals surface area contributed by atoms with Gasteiger partial charge in [-0.25, -0.2) is 4.99 Å². The summed E-state index contributed by atoms with van der Waals surface area (Å²) in [4.78, 5) is 18.7. The molecule has 1 saturated heterocycles. The second kappa shape index (κ2) is 5.99. The van der Waals surface area contributed by atoms with Crippen molar-refractivity contribution < 1.29 is 4.79 Å². The summed E-state index contributed by atoms with van der Waals surface area (Å²) in [6.45, 7) is 9.19. The lowest BCUT2D eigenvalue weighted by Crippen LogP contribution is -2.23. The molecule has 1 aliphatic heterocycles. The molecule has 96 valence electrons. The lowest BCUT2D eigenvalue weighted by atomic mass is 10.1. The number of allylic oxidation sites excluding steroid dienone is 2. The number of amidine groups is 1. The van der Waals surface area contributed by atoms with Crippen LogP contribution in [0.5, 0.6) is 0 Å². The molecule has 1 unspecified atom stereocenters. The number of ketones is 1. The monoisotopic (exact) mass is 236 g/mol. The van der Waals surface area contributed by atoms with Gasteiger partial charge in [-0.3, -0.25) is 4.79 Å². The van der Waals surface area contributed by atoms with Gasteiger partial charge in [0.1, 0.15) is 11.5 Å². The van der Waals surface area contributed by atoms with Gasteiger partial charge in [0.15, 0.2) is 5.78 Å². The SMILES string of the molecule is CCC(=O)C(/N=C1/C(C)CCN1C)=C(\C)CC. The Morgan fingerprint density at radius 3 is 2.47 bits per heavy atom. The van der Waals surface area contributed by atoms with E-state index < -0.39 is 0 Å². The van der Waals surface area contributed by atoms with E-state index in [1.807, 2.05) is 13.8 Å². The number of nitrogens with zero attached hydrogens (tertiary/aromatic N) is 2. The van der Waals surface area contributed by atoms with E-state index in [0.717, 1.165) is 30.8 Å². The second-order valence-corrected chi connectivity index (χ2v) is 4.84. The highest BCUT2D eigenvalue weighted by molar-refractivity contribution is 5.99. The highest BCUT2D eigenvalue weighted by Gasteiger charge is 2.24. The number of likely N-dealkylation sites (tertiary alicyclic amines) is 1. The van der Waals surface area contributed by atoms with Crippen molar-refractivity contribution in [3.05, 3.63) is 11.3 Å². The first-order valence-corrected chi connectivity index (χ1v) is 6.53. The summed E-state index contributed by atoms with van der Waals surface area (Å²) < 4.78 is 0. The predicted octanol–water partition coefficient (Wildman–Crippen LogP) is 3.02. The molecule has 1 aliphatic rings. The molecule has 1 fully saturated rings. The van der Waals surface area contributed by atoms with Gasteiger partial charge in [-0.1, -0.05) is 20.8 Å². The summed E-state index contributed by atoms with van der Waals surface area (Å²) in [7, 11) is 2.05. The number of carbonyl (C=O) groups excluding carboxylic acids is 1. The van der Waals surface area contributed by atoms with Crippen molar-refractivity contribution in [2.24, 2.45) is 10.9 Å². The van der Waals surface area contributed by atoms with Gasteiger partial charge in [0, 0.05) is 25.9 Å². The van der Waals surface area contributed by atoms with E-state index in [9.17, 15) is 4.79 Å². The Morgan fingerprint density at radius 2 is 2.06 bits per heavy atom. The van der Waals surface area contributed by atoms with Gasteiger partial charge < -0.3 is 4.90 Å².